The Labute approximate surface area is 149 Å². The molecule has 1 saturated heterocycles. The number of benzene rings is 1. The van der Waals surface area contributed by atoms with Crippen molar-refractivity contribution in [2.24, 2.45) is 0 Å². The molecule has 5 nitrogen and oxygen atoms in total. The van der Waals surface area contributed by atoms with Crippen molar-refractivity contribution in [1.29, 1.82) is 0 Å². The maximum atomic E-state index is 12.3. The van der Waals surface area contributed by atoms with Crippen LogP contribution in [0.3, 0.4) is 0 Å². The van der Waals surface area contributed by atoms with E-state index in [0.717, 1.165) is 43.7 Å². The Bertz CT molecular complexity index is 594. The number of carbonyl (C=O) groups is 2. The molecule has 0 aromatic heterocycles. The third kappa shape index (κ3) is 4.97. The molecular weight excluding hydrogens is 316 g/mol. The molecule has 2 amide bonds. The van der Waals surface area contributed by atoms with Crippen LogP contribution in [0.1, 0.15) is 56.4 Å². The van der Waals surface area contributed by atoms with Crippen LogP contribution in [-0.4, -0.2) is 43.0 Å². The highest BCUT2D eigenvalue weighted by molar-refractivity contribution is 5.79. The van der Waals surface area contributed by atoms with Crippen LogP contribution < -0.4 is 10.1 Å². The Balaban J connectivity index is 1.42. The lowest BCUT2D eigenvalue weighted by Gasteiger charge is -2.25. The van der Waals surface area contributed by atoms with Gasteiger partial charge in [-0.15, -0.1) is 0 Å². The highest BCUT2D eigenvalue weighted by Gasteiger charge is 2.23. The van der Waals surface area contributed by atoms with Crippen molar-refractivity contribution < 1.29 is 14.3 Å². The summed E-state index contributed by atoms with van der Waals surface area (Å²) >= 11 is 0. The van der Waals surface area contributed by atoms with Gasteiger partial charge in [-0.05, 0) is 36.8 Å². The van der Waals surface area contributed by atoms with Crippen molar-refractivity contribution in [3.05, 3.63) is 29.8 Å². The van der Waals surface area contributed by atoms with E-state index in [1.165, 1.54) is 12.8 Å². The van der Waals surface area contributed by atoms with E-state index >= 15 is 0 Å². The fraction of sp³-hybridized carbons (Fsp3) is 0.600. The number of likely N-dealkylation sites (tertiary alicyclic amines) is 1. The summed E-state index contributed by atoms with van der Waals surface area (Å²) in [6.07, 6.45) is 6.34. The second-order valence-electron chi connectivity index (χ2n) is 6.97. The van der Waals surface area contributed by atoms with Gasteiger partial charge >= 0.3 is 0 Å². The lowest BCUT2D eigenvalue weighted by molar-refractivity contribution is -0.131. The van der Waals surface area contributed by atoms with E-state index in [-0.39, 0.29) is 17.7 Å². The molecule has 1 aromatic rings. The van der Waals surface area contributed by atoms with E-state index in [9.17, 15) is 9.59 Å². The van der Waals surface area contributed by atoms with Gasteiger partial charge in [-0.2, -0.15) is 0 Å². The molecule has 0 saturated carbocycles. The van der Waals surface area contributed by atoms with E-state index in [4.69, 9.17) is 4.74 Å². The van der Waals surface area contributed by atoms with Crippen LogP contribution in [0.2, 0.25) is 0 Å². The van der Waals surface area contributed by atoms with Gasteiger partial charge in [0.2, 0.25) is 11.8 Å². The molecule has 1 fully saturated rings. The van der Waals surface area contributed by atoms with E-state index in [1.54, 1.807) is 0 Å². The number of ether oxygens (including phenoxy) is 1. The van der Waals surface area contributed by atoms with Crippen molar-refractivity contribution in [3.63, 3.8) is 0 Å². The topological polar surface area (TPSA) is 58.6 Å². The Morgan fingerprint density at radius 3 is 2.68 bits per heavy atom. The minimum absolute atomic E-state index is 0.0189. The predicted octanol–water partition coefficient (Wildman–Crippen LogP) is 2.85. The second-order valence-corrected chi connectivity index (χ2v) is 6.97. The highest BCUT2D eigenvalue weighted by Crippen LogP contribution is 2.35. The van der Waals surface area contributed by atoms with E-state index in [0.29, 0.717) is 26.0 Å². The highest BCUT2D eigenvalue weighted by atomic mass is 16.5. The number of rotatable bonds is 5. The average molecular weight is 344 g/mol. The lowest BCUT2D eigenvalue weighted by atomic mass is 9.90. The van der Waals surface area contributed by atoms with Gasteiger partial charge in [0, 0.05) is 32.5 Å². The molecule has 1 N–H and O–H groups in total. The molecule has 2 aliphatic heterocycles. The molecule has 0 radical (unpaired) electrons. The summed E-state index contributed by atoms with van der Waals surface area (Å²) in [7, 11) is 0. The quantitative estimate of drug-likeness (QED) is 0.893. The Kier molecular flexibility index (Phi) is 6.31. The summed E-state index contributed by atoms with van der Waals surface area (Å²) in [4.78, 5) is 26.5. The van der Waals surface area contributed by atoms with Crippen molar-refractivity contribution in [2.45, 2.75) is 50.9 Å². The van der Waals surface area contributed by atoms with Crippen LogP contribution in [0.5, 0.6) is 5.75 Å². The number of hydrogen-bond acceptors (Lipinski definition) is 3. The minimum atomic E-state index is 0.0189. The van der Waals surface area contributed by atoms with Crippen LogP contribution >= 0.6 is 0 Å². The minimum Gasteiger partial charge on any atom is -0.493 e. The molecule has 1 aromatic carbocycles. The first-order valence-corrected chi connectivity index (χ1v) is 9.50. The maximum Gasteiger partial charge on any atom is 0.224 e. The lowest BCUT2D eigenvalue weighted by Crippen LogP contribution is -2.35. The zero-order valence-electron chi connectivity index (χ0n) is 14.8. The van der Waals surface area contributed by atoms with Crippen molar-refractivity contribution in [2.75, 3.05) is 26.2 Å². The Hall–Kier alpha value is -2.04. The zero-order chi connectivity index (χ0) is 17.5. The molecule has 0 spiro atoms. The summed E-state index contributed by atoms with van der Waals surface area (Å²) in [5.41, 5.74) is 1.12. The fourth-order valence-corrected chi connectivity index (χ4v) is 3.71. The summed E-state index contributed by atoms with van der Waals surface area (Å²) in [5, 5.41) is 2.92. The first-order valence-electron chi connectivity index (χ1n) is 9.50. The Morgan fingerprint density at radius 1 is 1.12 bits per heavy atom. The summed E-state index contributed by atoms with van der Waals surface area (Å²) < 4.78 is 5.64. The fourth-order valence-electron chi connectivity index (χ4n) is 3.71. The van der Waals surface area contributed by atoms with Gasteiger partial charge in [0.1, 0.15) is 5.75 Å². The summed E-state index contributed by atoms with van der Waals surface area (Å²) in [5.74, 6) is 1.28. The molecule has 2 aliphatic rings. The van der Waals surface area contributed by atoms with Gasteiger partial charge in [-0.25, -0.2) is 0 Å². The molecule has 136 valence electrons. The normalized spacial score (nSPS) is 20.2. The molecule has 3 rings (SSSR count). The Morgan fingerprint density at radius 2 is 1.88 bits per heavy atom. The number of nitrogens with zero attached hydrogens (tertiary/aromatic N) is 1. The maximum absolute atomic E-state index is 12.3. The first kappa shape index (κ1) is 17.8. The van der Waals surface area contributed by atoms with Gasteiger partial charge in [-0.1, -0.05) is 31.0 Å². The number of carbonyl (C=O) groups excluding carboxylic acids is 2. The van der Waals surface area contributed by atoms with Gasteiger partial charge in [0.25, 0.3) is 0 Å². The SMILES string of the molecule is O=C(C[C@H]1CCOc2ccccc21)NCCC(=O)N1CCCCCC1. The largest absolute Gasteiger partial charge is 0.493 e. The van der Waals surface area contributed by atoms with Crippen LogP contribution in [0.15, 0.2) is 24.3 Å². The van der Waals surface area contributed by atoms with Crippen LogP contribution in [0, 0.1) is 0 Å². The van der Waals surface area contributed by atoms with Crippen molar-refractivity contribution in [1.82, 2.24) is 10.2 Å². The molecule has 25 heavy (non-hydrogen) atoms. The van der Waals surface area contributed by atoms with E-state index < -0.39 is 0 Å². The monoisotopic (exact) mass is 344 g/mol. The first-order chi connectivity index (χ1) is 12.2. The second kappa shape index (κ2) is 8.88. The van der Waals surface area contributed by atoms with Crippen LogP contribution in [-0.2, 0) is 9.59 Å². The summed E-state index contributed by atoms with van der Waals surface area (Å²) in [6.45, 7) is 2.82. The molecule has 0 bridgehead atoms. The molecule has 1 atom stereocenters. The van der Waals surface area contributed by atoms with Gasteiger partial charge in [-0.3, -0.25) is 9.59 Å². The third-order valence-electron chi connectivity index (χ3n) is 5.13. The van der Waals surface area contributed by atoms with Gasteiger partial charge in [0.05, 0.1) is 6.61 Å². The van der Waals surface area contributed by atoms with E-state index in [2.05, 4.69) is 5.32 Å². The number of amides is 2. The van der Waals surface area contributed by atoms with Crippen molar-refractivity contribution >= 4 is 11.8 Å². The zero-order valence-corrected chi connectivity index (χ0v) is 14.8. The standard InChI is InChI=1S/C20H28N2O3/c23-19(15-16-10-14-25-18-8-4-3-7-17(16)18)21-11-9-20(24)22-12-5-1-2-6-13-22/h3-4,7-8,16H,1-2,5-6,9-15H2,(H,21,23)/t16-/m1/s1. The number of nitrogens with one attached hydrogen (secondary N) is 1. The van der Waals surface area contributed by atoms with Gasteiger partial charge in [0.15, 0.2) is 0 Å². The summed E-state index contributed by atoms with van der Waals surface area (Å²) in [6, 6.07) is 7.93. The van der Waals surface area contributed by atoms with Crippen LogP contribution in [0.25, 0.3) is 0 Å². The van der Waals surface area contributed by atoms with Gasteiger partial charge < -0.3 is 15.0 Å². The third-order valence-corrected chi connectivity index (χ3v) is 5.13. The number of hydrogen-bond donors (Lipinski definition) is 1. The molecule has 5 heteroatoms. The van der Waals surface area contributed by atoms with E-state index in [1.807, 2.05) is 29.2 Å². The average Bonchev–Trinajstić information content (AvgIpc) is 2.91. The molecule has 0 aliphatic carbocycles. The number of para-hydroxylation sites is 1. The molecule has 2 heterocycles. The predicted molar refractivity (Wildman–Crippen MR) is 96.6 cm³/mol. The number of fused-ring (bicyclic) bond motifs is 1. The molecule has 0 unspecified atom stereocenters. The smallest absolute Gasteiger partial charge is 0.224 e. The van der Waals surface area contributed by atoms with Crippen LogP contribution in [0.4, 0.5) is 0 Å². The van der Waals surface area contributed by atoms with Crippen molar-refractivity contribution in [3.8, 4) is 5.75 Å². The molecular formula is C20H28N2O3.